The zero-order chi connectivity index (χ0) is 11.8. The molecule has 6 nitrogen and oxygen atoms in total. The van der Waals surface area contributed by atoms with E-state index >= 15 is 0 Å². The Hall–Kier alpha value is -1.66. The molecule has 1 fully saturated rings. The van der Waals surface area contributed by atoms with E-state index in [4.69, 9.17) is 5.84 Å². The summed E-state index contributed by atoms with van der Waals surface area (Å²) in [6.07, 6.45) is 5.23. The third-order valence-electron chi connectivity index (χ3n) is 3.38. The highest BCUT2D eigenvalue weighted by Crippen LogP contribution is 2.22. The molecule has 0 saturated carbocycles. The van der Waals surface area contributed by atoms with Gasteiger partial charge in [0.2, 0.25) is 0 Å². The molecule has 6 heteroatoms. The molecule has 2 aromatic rings. The van der Waals surface area contributed by atoms with Gasteiger partial charge in [-0.25, -0.2) is 9.80 Å². The average Bonchev–Trinajstić information content (AvgIpc) is 2.66. The number of imidazole rings is 1. The fraction of sp³-hybridized carbons (Fsp3) is 0.455. The van der Waals surface area contributed by atoms with Crippen LogP contribution in [0.5, 0.6) is 0 Å². The van der Waals surface area contributed by atoms with Gasteiger partial charge in [0.05, 0.1) is 17.2 Å². The molecule has 0 spiro atoms. The van der Waals surface area contributed by atoms with Gasteiger partial charge in [-0.2, -0.15) is 0 Å². The summed E-state index contributed by atoms with van der Waals surface area (Å²) in [6, 6.07) is 2.05. The standard InChI is InChI=1S/C11H15N5O/c12-15-5-2-8(3-6-15)16-10-7-13-4-1-9(10)14-11(16)17/h1,4,7-8H,2-3,5-6,12H2,(H,14,17). The van der Waals surface area contributed by atoms with Crippen molar-refractivity contribution in [1.29, 1.82) is 0 Å². The Balaban J connectivity index is 2.05. The molecule has 0 atom stereocenters. The molecular weight excluding hydrogens is 218 g/mol. The minimum Gasteiger partial charge on any atom is -0.305 e. The fourth-order valence-corrected chi connectivity index (χ4v) is 2.48. The van der Waals surface area contributed by atoms with Crippen molar-refractivity contribution in [2.24, 2.45) is 5.84 Å². The maximum absolute atomic E-state index is 12.0. The van der Waals surface area contributed by atoms with Crippen molar-refractivity contribution < 1.29 is 0 Å². The summed E-state index contributed by atoms with van der Waals surface area (Å²) < 4.78 is 1.81. The number of hydrogen-bond acceptors (Lipinski definition) is 4. The van der Waals surface area contributed by atoms with Crippen LogP contribution in [0, 0.1) is 0 Å². The summed E-state index contributed by atoms with van der Waals surface area (Å²) in [7, 11) is 0. The van der Waals surface area contributed by atoms with Gasteiger partial charge in [-0.3, -0.25) is 15.4 Å². The maximum Gasteiger partial charge on any atom is 0.326 e. The molecule has 17 heavy (non-hydrogen) atoms. The lowest BCUT2D eigenvalue weighted by Gasteiger charge is -2.29. The minimum atomic E-state index is -0.0523. The molecule has 2 aromatic heterocycles. The molecule has 3 N–H and O–H groups in total. The quantitative estimate of drug-likeness (QED) is 0.691. The van der Waals surface area contributed by atoms with Crippen LogP contribution in [0.25, 0.3) is 11.0 Å². The summed E-state index contributed by atoms with van der Waals surface area (Å²) in [4.78, 5) is 18.9. The summed E-state index contributed by atoms with van der Waals surface area (Å²) in [5.41, 5.74) is 1.68. The SMILES string of the molecule is NN1CCC(n2c(=O)[nH]c3ccncc32)CC1. The first-order valence-electron chi connectivity index (χ1n) is 5.79. The van der Waals surface area contributed by atoms with Crippen molar-refractivity contribution in [3.05, 3.63) is 28.9 Å². The Kier molecular flexibility index (Phi) is 2.45. The summed E-state index contributed by atoms with van der Waals surface area (Å²) in [6.45, 7) is 1.65. The van der Waals surface area contributed by atoms with E-state index in [1.54, 1.807) is 17.4 Å². The Morgan fingerprint density at radius 2 is 2.18 bits per heavy atom. The molecule has 0 aromatic carbocycles. The highest BCUT2D eigenvalue weighted by Gasteiger charge is 2.21. The summed E-state index contributed by atoms with van der Waals surface area (Å²) in [5.74, 6) is 5.73. The van der Waals surface area contributed by atoms with Crippen LogP contribution in [0.3, 0.4) is 0 Å². The molecule has 3 heterocycles. The van der Waals surface area contributed by atoms with E-state index in [0.717, 1.165) is 37.0 Å². The van der Waals surface area contributed by atoms with Gasteiger partial charge in [-0.1, -0.05) is 0 Å². The van der Waals surface area contributed by atoms with Crippen LogP contribution < -0.4 is 11.5 Å². The maximum atomic E-state index is 12.0. The number of piperidine rings is 1. The second kappa shape index (κ2) is 3.97. The minimum absolute atomic E-state index is 0.0523. The lowest BCUT2D eigenvalue weighted by Crippen LogP contribution is -2.40. The molecule has 0 bridgehead atoms. The highest BCUT2D eigenvalue weighted by molar-refractivity contribution is 5.73. The predicted molar refractivity (Wildman–Crippen MR) is 64.4 cm³/mol. The number of nitrogens with one attached hydrogen (secondary N) is 1. The Labute approximate surface area is 98.0 Å². The number of nitrogens with zero attached hydrogens (tertiary/aromatic N) is 3. The Bertz CT molecular complexity index is 579. The van der Waals surface area contributed by atoms with Crippen molar-refractivity contribution in [3.63, 3.8) is 0 Å². The van der Waals surface area contributed by atoms with E-state index in [1.807, 2.05) is 10.6 Å². The number of pyridine rings is 1. The summed E-state index contributed by atoms with van der Waals surface area (Å²) in [5, 5.41) is 1.80. The number of hydrazine groups is 1. The Morgan fingerprint density at radius 1 is 1.41 bits per heavy atom. The van der Waals surface area contributed by atoms with Crippen LogP contribution in [-0.2, 0) is 0 Å². The molecule has 0 aliphatic carbocycles. The second-order valence-corrected chi connectivity index (χ2v) is 4.46. The van der Waals surface area contributed by atoms with Gasteiger partial charge in [0.15, 0.2) is 0 Å². The normalized spacial score (nSPS) is 18.9. The van der Waals surface area contributed by atoms with E-state index in [-0.39, 0.29) is 11.7 Å². The van der Waals surface area contributed by atoms with Gasteiger partial charge < -0.3 is 4.98 Å². The van der Waals surface area contributed by atoms with E-state index in [2.05, 4.69) is 9.97 Å². The molecule has 0 radical (unpaired) electrons. The molecule has 90 valence electrons. The monoisotopic (exact) mass is 233 g/mol. The molecule has 1 aliphatic heterocycles. The zero-order valence-electron chi connectivity index (χ0n) is 9.47. The lowest BCUT2D eigenvalue weighted by molar-refractivity contribution is 0.190. The molecule has 0 unspecified atom stereocenters. The van der Waals surface area contributed by atoms with Gasteiger partial charge in [0.25, 0.3) is 0 Å². The van der Waals surface area contributed by atoms with Crippen LogP contribution in [0.4, 0.5) is 0 Å². The van der Waals surface area contributed by atoms with Gasteiger partial charge in [0.1, 0.15) is 0 Å². The van der Waals surface area contributed by atoms with Crippen molar-refractivity contribution >= 4 is 11.0 Å². The largest absolute Gasteiger partial charge is 0.326 e. The van der Waals surface area contributed by atoms with Crippen molar-refractivity contribution in [3.8, 4) is 0 Å². The first-order valence-corrected chi connectivity index (χ1v) is 5.79. The molecule has 1 saturated heterocycles. The van der Waals surface area contributed by atoms with Crippen molar-refractivity contribution in [2.45, 2.75) is 18.9 Å². The molecular formula is C11H15N5O. The van der Waals surface area contributed by atoms with Crippen molar-refractivity contribution in [2.75, 3.05) is 13.1 Å². The van der Waals surface area contributed by atoms with E-state index < -0.39 is 0 Å². The number of aromatic amines is 1. The van der Waals surface area contributed by atoms with Gasteiger partial charge >= 0.3 is 5.69 Å². The number of hydrogen-bond donors (Lipinski definition) is 2. The topological polar surface area (TPSA) is 79.9 Å². The number of H-pyrrole nitrogens is 1. The average molecular weight is 233 g/mol. The van der Waals surface area contributed by atoms with E-state index in [1.165, 1.54) is 0 Å². The third kappa shape index (κ3) is 1.75. The number of nitrogens with two attached hydrogens (primary N) is 1. The summed E-state index contributed by atoms with van der Waals surface area (Å²) >= 11 is 0. The number of rotatable bonds is 1. The van der Waals surface area contributed by atoms with Crippen molar-refractivity contribution in [1.82, 2.24) is 19.5 Å². The van der Waals surface area contributed by atoms with E-state index in [9.17, 15) is 4.79 Å². The van der Waals surface area contributed by atoms with Crippen LogP contribution in [0.1, 0.15) is 18.9 Å². The van der Waals surface area contributed by atoms with E-state index in [0.29, 0.717) is 0 Å². The van der Waals surface area contributed by atoms with Crippen LogP contribution in [0.2, 0.25) is 0 Å². The van der Waals surface area contributed by atoms with Gasteiger partial charge in [-0.05, 0) is 18.9 Å². The second-order valence-electron chi connectivity index (χ2n) is 4.46. The van der Waals surface area contributed by atoms with Gasteiger partial charge in [-0.15, -0.1) is 0 Å². The zero-order valence-corrected chi connectivity index (χ0v) is 9.47. The smallest absolute Gasteiger partial charge is 0.305 e. The first-order chi connectivity index (χ1) is 8.25. The number of fused-ring (bicyclic) bond motifs is 1. The van der Waals surface area contributed by atoms with Gasteiger partial charge in [0, 0.05) is 25.3 Å². The van der Waals surface area contributed by atoms with Crippen LogP contribution >= 0.6 is 0 Å². The van der Waals surface area contributed by atoms with Crippen LogP contribution in [0.15, 0.2) is 23.3 Å². The molecule has 3 rings (SSSR count). The molecule has 0 amide bonds. The first kappa shape index (κ1) is 10.5. The predicted octanol–water partition coefficient (Wildman–Crippen LogP) is 0.235. The highest BCUT2D eigenvalue weighted by atomic mass is 16.1. The Morgan fingerprint density at radius 3 is 2.94 bits per heavy atom. The molecule has 1 aliphatic rings. The fourth-order valence-electron chi connectivity index (χ4n) is 2.48. The number of aromatic nitrogens is 3. The lowest BCUT2D eigenvalue weighted by atomic mass is 10.1. The van der Waals surface area contributed by atoms with Crippen LogP contribution in [-0.4, -0.2) is 32.6 Å². The third-order valence-corrected chi connectivity index (χ3v) is 3.38.